The Kier molecular flexibility index (Phi) is 7.94. The molecular formula is C27H24N6O4. The standard InChI is InChI=1S/C27H24N6O4/c1-18(14-28)27(34)33-11-13-35-23(16-33)10-12-36-26-24(25(30)31-17-32-26)20-4-8-22(9-5-20)37-21-6-2-19(15-29)3-7-21/h2-9,17,23H,1,10-13,16H2,(H2,30,31,32). The van der Waals surface area contributed by atoms with Crippen LogP contribution in [0.15, 0.2) is 67.0 Å². The summed E-state index contributed by atoms with van der Waals surface area (Å²) in [5, 5.41) is 17.8. The number of nitrogens with two attached hydrogens (primary N) is 1. The minimum atomic E-state index is -0.380. The maximum absolute atomic E-state index is 12.2. The number of nitriles is 2. The van der Waals surface area contributed by atoms with Crippen molar-refractivity contribution < 1.29 is 19.0 Å². The summed E-state index contributed by atoms with van der Waals surface area (Å²) in [7, 11) is 0. The van der Waals surface area contributed by atoms with Crippen LogP contribution in [0.4, 0.5) is 5.82 Å². The summed E-state index contributed by atoms with van der Waals surface area (Å²) in [6.07, 6.45) is 1.59. The first-order chi connectivity index (χ1) is 18.0. The summed E-state index contributed by atoms with van der Waals surface area (Å²) < 4.78 is 17.5. The molecule has 4 rings (SSSR count). The molecule has 1 saturated heterocycles. The van der Waals surface area contributed by atoms with Gasteiger partial charge in [0.1, 0.15) is 35.3 Å². The number of amides is 1. The van der Waals surface area contributed by atoms with E-state index in [0.29, 0.717) is 54.6 Å². The van der Waals surface area contributed by atoms with Crippen molar-refractivity contribution in [3.05, 3.63) is 72.6 Å². The predicted molar refractivity (Wildman–Crippen MR) is 134 cm³/mol. The summed E-state index contributed by atoms with van der Waals surface area (Å²) >= 11 is 0. The first-order valence-corrected chi connectivity index (χ1v) is 11.5. The highest BCUT2D eigenvalue weighted by Gasteiger charge is 2.26. The Morgan fingerprint density at radius 1 is 1.14 bits per heavy atom. The van der Waals surface area contributed by atoms with Gasteiger partial charge in [0.05, 0.1) is 36.5 Å². The number of rotatable bonds is 8. The zero-order valence-electron chi connectivity index (χ0n) is 20.0. The first kappa shape index (κ1) is 25.2. The number of hydrogen-bond donors (Lipinski definition) is 1. The van der Waals surface area contributed by atoms with E-state index in [1.165, 1.54) is 6.33 Å². The van der Waals surface area contributed by atoms with Crippen molar-refractivity contribution in [2.45, 2.75) is 12.5 Å². The van der Waals surface area contributed by atoms with E-state index in [1.807, 2.05) is 12.1 Å². The number of nitrogen functional groups attached to an aromatic ring is 1. The molecule has 186 valence electrons. The lowest BCUT2D eigenvalue weighted by Crippen LogP contribution is -2.46. The number of benzene rings is 2. The Balaban J connectivity index is 1.39. The number of morpholine rings is 1. The number of carbonyl (C=O) groups excluding carboxylic acids is 1. The van der Waals surface area contributed by atoms with Crippen molar-refractivity contribution in [3.8, 4) is 40.6 Å². The maximum atomic E-state index is 12.2. The summed E-state index contributed by atoms with van der Waals surface area (Å²) in [5.41, 5.74) is 7.93. The second-order valence-electron chi connectivity index (χ2n) is 8.17. The molecule has 1 fully saturated rings. The molecule has 0 spiro atoms. The van der Waals surface area contributed by atoms with Gasteiger partial charge in [0.15, 0.2) is 0 Å². The second kappa shape index (κ2) is 11.7. The van der Waals surface area contributed by atoms with Gasteiger partial charge in [-0.25, -0.2) is 9.97 Å². The van der Waals surface area contributed by atoms with Crippen LogP contribution in [-0.2, 0) is 9.53 Å². The van der Waals surface area contributed by atoms with Gasteiger partial charge in [-0.05, 0) is 42.0 Å². The topological polar surface area (TPSA) is 147 Å². The molecule has 1 atom stereocenters. The van der Waals surface area contributed by atoms with Crippen LogP contribution in [0.3, 0.4) is 0 Å². The average Bonchev–Trinajstić information content (AvgIpc) is 2.93. The van der Waals surface area contributed by atoms with Gasteiger partial charge in [0.2, 0.25) is 5.88 Å². The minimum Gasteiger partial charge on any atom is -0.477 e. The van der Waals surface area contributed by atoms with E-state index < -0.39 is 0 Å². The van der Waals surface area contributed by atoms with Crippen LogP contribution >= 0.6 is 0 Å². The van der Waals surface area contributed by atoms with Crippen LogP contribution in [0.5, 0.6) is 17.4 Å². The van der Waals surface area contributed by atoms with Crippen LogP contribution < -0.4 is 15.2 Å². The largest absolute Gasteiger partial charge is 0.477 e. The van der Waals surface area contributed by atoms with E-state index in [9.17, 15) is 4.79 Å². The zero-order valence-corrected chi connectivity index (χ0v) is 20.0. The third-order valence-corrected chi connectivity index (χ3v) is 5.70. The average molecular weight is 497 g/mol. The third-order valence-electron chi connectivity index (χ3n) is 5.70. The molecule has 2 heterocycles. The van der Waals surface area contributed by atoms with E-state index >= 15 is 0 Å². The van der Waals surface area contributed by atoms with Crippen LogP contribution in [0.1, 0.15) is 12.0 Å². The normalized spacial score (nSPS) is 14.8. The quantitative estimate of drug-likeness (QED) is 0.365. The van der Waals surface area contributed by atoms with Crippen LogP contribution in [0.2, 0.25) is 0 Å². The Bertz CT molecular complexity index is 1360. The fourth-order valence-electron chi connectivity index (χ4n) is 3.79. The van der Waals surface area contributed by atoms with Gasteiger partial charge in [-0.3, -0.25) is 4.79 Å². The molecule has 10 nitrogen and oxygen atoms in total. The molecule has 1 amide bonds. The second-order valence-corrected chi connectivity index (χ2v) is 8.17. The van der Waals surface area contributed by atoms with Gasteiger partial charge in [-0.2, -0.15) is 10.5 Å². The van der Waals surface area contributed by atoms with Gasteiger partial charge >= 0.3 is 0 Å². The van der Waals surface area contributed by atoms with E-state index in [0.717, 1.165) is 5.56 Å². The summed E-state index contributed by atoms with van der Waals surface area (Å²) in [5.74, 6) is 1.44. The highest BCUT2D eigenvalue weighted by Crippen LogP contribution is 2.34. The molecule has 0 saturated carbocycles. The smallest absolute Gasteiger partial charge is 0.264 e. The van der Waals surface area contributed by atoms with Crippen molar-refractivity contribution in [1.29, 1.82) is 10.5 Å². The van der Waals surface area contributed by atoms with Crippen molar-refractivity contribution in [1.82, 2.24) is 14.9 Å². The molecule has 2 N–H and O–H groups in total. The summed E-state index contributed by atoms with van der Waals surface area (Å²) in [4.78, 5) is 22.2. The van der Waals surface area contributed by atoms with E-state index in [-0.39, 0.29) is 30.0 Å². The van der Waals surface area contributed by atoms with Crippen molar-refractivity contribution in [3.63, 3.8) is 0 Å². The highest BCUT2D eigenvalue weighted by atomic mass is 16.5. The molecule has 1 aliphatic heterocycles. The Morgan fingerprint density at radius 2 is 1.84 bits per heavy atom. The van der Waals surface area contributed by atoms with Crippen molar-refractivity contribution in [2.75, 3.05) is 32.0 Å². The Morgan fingerprint density at radius 3 is 2.51 bits per heavy atom. The van der Waals surface area contributed by atoms with Gasteiger partial charge in [-0.1, -0.05) is 18.7 Å². The fraction of sp³-hybridized carbons (Fsp3) is 0.222. The highest BCUT2D eigenvalue weighted by molar-refractivity contribution is 5.96. The number of anilines is 1. The number of nitrogens with zero attached hydrogens (tertiary/aromatic N) is 5. The zero-order chi connectivity index (χ0) is 26.2. The van der Waals surface area contributed by atoms with Crippen molar-refractivity contribution in [2.24, 2.45) is 0 Å². The first-order valence-electron chi connectivity index (χ1n) is 11.5. The van der Waals surface area contributed by atoms with Crippen LogP contribution in [0.25, 0.3) is 11.1 Å². The monoisotopic (exact) mass is 496 g/mol. The molecule has 0 radical (unpaired) electrons. The van der Waals surface area contributed by atoms with Gasteiger partial charge in [0.25, 0.3) is 5.91 Å². The minimum absolute atomic E-state index is 0.0914. The molecule has 3 aromatic rings. The predicted octanol–water partition coefficient (Wildman–Crippen LogP) is 3.47. The van der Waals surface area contributed by atoms with Gasteiger partial charge in [0, 0.05) is 19.5 Å². The van der Waals surface area contributed by atoms with E-state index in [2.05, 4.69) is 22.6 Å². The summed E-state index contributed by atoms with van der Waals surface area (Å²) in [6.45, 7) is 4.90. The van der Waals surface area contributed by atoms with Crippen LogP contribution in [-0.4, -0.2) is 53.2 Å². The number of carbonyl (C=O) groups is 1. The molecule has 1 aromatic heterocycles. The molecule has 10 heteroatoms. The molecule has 0 aliphatic carbocycles. The van der Waals surface area contributed by atoms with Gasteiger partial charge < -0.3 is 24.8 Å². The number of ether oxygens (including phenoxy) is 3. The molecule has 37 heavy (non-hydrogen) atoms. The maximum Gasteiger partial charge on any atom is 0.264 e. The van der Waals surface area contributed by atoms with E-state index in [1.54, 1.807) is 47.4 Å². The lowest BCUT2D eigenvalue weighted by Gasteiger charge is -2.32. The third kappa shape index (κ3) is 6.20. The molecule has 0 bridgehead atoms. The summed E-state index contributed by atoms with van der Waals surface area (Å²) in [6, 6.07) is 17.9. The Hall–Kier alpha value is -4.93. The fourth-order valence-corrected chi connectivity index (χ4v) is 3.79. The van der Waals surface area contributed by atoms with Gasteiger partial charge in [-0.15, -0.1) is 0 Å². The molecule has 1 unspecified atom stereocenters. The lowest BCUT2D eigenvalue weighted by molar-refractivity contribution is -0.134. The Labute approximate surface area is 214 Å². The lowest BCUT2D eigenvalue weighted by atomic mass is 10.1. The molecule has 2 aromatic carbocycles. The number of aromatic nitrogens is 2. The van der Waals surface area contributed by atoms with E-state index in [4.69, 9.17) is 30.5 Å². The van der Waals surface area contributed by atoms with Crippen molar-refractivity contribution >= 4 is 11.7 Å². The molecule has 1 aliphatic rings. The number of hydrogen-bond acceptors (Lipinski definition) is 9. The SMILES string of the molecule is C=C(C#N)C(=O)N1CCOC(CCOc2ncnc(N)c2-c2ccc(Oc3ccc(C#N)cc3)cc2)C1. The van der Waals surface area contributed by atoms with Crippen LogP contribution in [0, 0.1) is 22.7 Å². The molecular weight excluding hydrogens is 472 g/mol.